The zero-order chi connectivity index (χ0) is 21.3. The fraction of sp³-hybridized carbons (Fsp3) is 0. The number of rotatable bonds is 6. The molecule has 0 radical (unpaired) electrons. The number of hydrogen-bond acceptors (Lipinski definition) is 7. The molecule has 0 aliphatic carbocycles. The van der Waals surface area contributed by atoms with Crippen LogP contribution in [-0.2, 0) is 4.57 Å². The SMILES string of the molecule is NC(=O)c1nccc2ccc(O[PH](=O)Oc3ccc4ccnc(C(N)=O)c4c3)cc12. The number of carbonyl (C=O) groups is 2. The van der Waals surface area contributed by atoms with Crippen LogP contribution in [0.5, 0.6) is 11.5 Å². The predicted molar refractivity (Wildman–Crippen MR) is 111 cm³/mol. The molecule has 0 unspecified atom stereocenters. The van der Waals surface area contributed by atoms with Crippen molar-refractivity contribution in [2.75, 3.05) is 0 Å². The second-order valence-corrected chi connectivity index (χ2v) is 7.18. The number of carbonyl (C=O) groups excluding carboxylic acids is 2. The normalized spacial score (nSPS) is 11.0. The summed E-state index contributed by atoms with van der Waals surface area (Å²) in [5.41, 5.74) is 10.9. The molecule has 4 rings (SSSR count). The van der Waals surface area contributed by atoms with Gasteiger partial charge in [0.15, 0.2) is 0 Å². The highest BCUT2D eigenvalue weighted by Gasteiger charge is 2.13. The van der Waals surface area contributed by atoms with E-state index in [1.807, 2.05) is 0 Å². The van der Waals surface area contributed by atoms with Gasteiger partial charge in [0.2, 0.25) is 0 Å². The molecule has 4 aromatic rings. The minimum Gasteiger partial charge on any atom is -0.418 e. The lowest BCUT2D eigenvalue weighted by molar-refractivity contribution is 0.0989. The third-order valence-electron chi connectivity index (χ3n) is 4.34. The quantitative estimate of drug-likeness (QED) is 0.454. The van der Waals surface area contributed by atoms with Gasteiger partial charge in [-0.05, 0) is 47.2 Å². The third kappa shape index (κ3) is 3.78. The molecule has 2 aromatic carbocycles. The topological polar surface area (TPSA) is 147 Å². The highest BCUT2D eigenvalue weighted by Crippen LogP contribution is 2.34. The van der Waals surface area contributed by atoms with E-state index < -0.39 is 20.1 Å². The van der Waals surface area contributed by atoms with Crippen LogP contribution < -0.4 is 20.5 Å². The molecule has 0 atom stereocenters. The number of hydrogen-bond donors (Lipinski definition) is 2. The second-order valence-electron chi connectivity index (χ2n) is 6.27. The summed E-state index contributed by atoms with van der Waals surface area (Å²) in [6, 6.07) is 13.0. The average Bonchev–Trinajstić information content (AvgIpc) is 2.72. The molecular weight excluding hydrogens is 407 g/mol. The maximum absolute atomic E-state index is 12.4. The van der Waals surface area contributed by atoms with Gasteiger partial charge in [0.1, 0.15) is 22.9 Å². The summed E-state index contributed by atoms with van der Waals surface area (Å²) < 4.78 is 23.2. The lowest BCUT2D eigenvalue weighted by Gasteiger charge is -2.10. The van der Waals surface area contributed by atoms with Crippen LogP contribution in [0.3, 0.4) is 0 Å². The Labute approximate surface area is 170 Å². The maximum atomic E-state index is 12.4. The molecule has 10 heteroatoms. The van der Waals surface area contributed by atoms with Crippen molar-refractivity contribution in [3.63, 3.8) is 0 Å². The number of nitrogens with zero attached hydrogens (tertiary/aromatic N) is 2. The fourth-order valence-electron chi connectivity index (χ4n) is 3.03. The number of primary amides is 2. The Hall–Kier alpha value is -3.97. The van der Waals surface area contributed by atoms with Crippen molar-refractivity contribution in [2.24, 2.45) is 11.5 Å². The Bertz CT molecular complexity index is 1240. The van der Waals surface area contributed by atoms with Crippen molar-refractivity contribution in [3.05, 3.63) is 72.3 Å². The number of aromatic nitrogens is 2. The molecule has 0 bridgehead atoms. The number of amides is 2. The van der Waals surface area contributed by atoms with E-state index in [0.717, 1.165) is 10.8 Å². The number of pyridine rings is 2. The third-order valence-corrected chi connectivity index (χ3v) is 5.15. The second kappa shape index (κ2) is 7.81. The van der Waals surface area contributed by atoms with Gasteiger partial charge >= 0.3 is 8.25 Å². The summed E-state index contributed by atoms with van der Waals surface area (Å²) in [4.78, 5) is 31.1. The first kappa shape index (κ1) is 19.4. The summed E-state index contributed by atoms with van der Waals surface area (Å²) in [6.07, 6.45) is 2.95. The minimum atomic E-state index is -3.02. The van der Waals surface area contributed by atoms with Crippen LogP contribution in [0.4, 0.5) is 0 Å². The predicted octanol–water partition coefficient (Wildman–Crippen LogP) is 2.83. The zero-order valence-corrected chi connectivity index (χ0v) is 16.4. The van der Waals surface area contributed by atoms with E-state index in [9.17, 15) is 14.2 Å². The van der Waals surface area contributed by atoms with Crippen LogP contribution in [-0.4, -0.2) is 21.8 Å². The monoisotopic (exact) mass is 422 g/mol. The van der Waals surface area contributed by atoms with Gasteiger partial charge in [0, 0.05) is 23.2 Å². The Morgan fingerprint density at radius 3 is 1.57 bits per heavy atom. The molecule has 0 fully saturated rings. The lowest BCUT2D eigenvalue weighted by atomic mass is 10.1. The Kier molecular flexibility index (Phi) is 5.04. The maximum Gasteiger partial charge on any atom is 0.418 e. The average molecular weight is 422 g/mol. The molecule has 2 amide bonds. The smallest absolute Gasteiger partial charge is 0.418 e. The van der Waals surface area contributed by atoms with Crippen molar-refractivity contribution < 1.29 is 23.2 Å². The first-order valence-electron chi connectivity index (χ1n) is 8.69. The Morgan fingerprint density at radius 1 is 0.733 bits per heavy atom. The summed E-state index contributed by atoms with van der Waals surface area (Å²) >= 11 is 0. The van der Waals surface area contributed by atoms with Gasteiger partial charge in [-0.15, -0.1) is 0 Å². The minimum absolute atomic E-state index is 0.0829. The lowest BCUT2D eigenvalue weighted by Crippen LogP contribution is -2.13. The van der Waals surface area contributed by atoms with E-state index in [1.54, 1.807) is 36.4 Å². The summed E-state index contributed by atoms with van der Waals surface area (Å²) in [5.74, 6) is -0.919. The van der Waals surface area contributed by atoms with E-state index in [-0.39, 0.29) is 22.9 Å². The van der Waals surface area contributed by atoms with Crippen molar-refractivity contribution in [2.45, 2.75) is 0 Å². The van der Waals surface area contributed by atoms with E-state index in [1.165, 1.54) is 24.5 Å². The standard InChI is InChI=1S/C20H15N4O5P/c21-19(25)17-15-9-13(3-1-11(15)5-7-23-17)28-30(27)29-14-4-2-12-6-8-24-18(20(22)26)16(12)10-14/h1-10,30H,(H2,21,25)(H2,22,26). The number of nitrogens with two attached hydrogens (primary N) is 2. The summed E-state index contributed by atoms with van der Waals surface area (Å²) in [6.45, 7) is 0. The van der Waals surface area contributed by atoms with Crippen LogP contribution in [0.15, 0.2) is 60.9 Å². The molecule has 0 saturated heterocycles. The molecule has 30 heavy (non-hydrogen) atoms. The summed E-state index contributed by atoms with van der Waals surface area (Å²) in [5, 5.41) is 2.40. The molecular formula is C20H15N4O5P. The number of fused-ring (bicyclic) bond motifs is 2. The molecule has 4 N–H and O–H groups in total. The van der Waals surface area contributed by atoms with Gasteiger partial charge in [-0.1, -0.05) is 12.1 Å². The van der Waals surface area contributed by atoms with Crippen molar-refractivity contribution >= 4 is 41.6 Å². The van der Waals surface area contributed by atoms with Crippen molar-refractivity contribution in [1.29, 1.82) is 0 Å². The molecule has 0 aliphatic rings. The highest BCUT2D eigenvalue weighted by atomic mass is 31.1. The molecule has 0 saturated carbocycles. The van der Waals surface area contributed by atoms with Crippen molar-refractivity contribution in [3.8, 4) is 11.5 Å². The zero-order valence-electron chi connectivity index (χ0n) is 15.4. The van der Waals surface area contributed by atoms with Gasteiger partial charge in [-0.3, -0.25) is 19.6 Å². The van der Waals surface area contributed by atoms with Crippen LogP contribution in [0.1, 0.15) is 21.0 Å². The van der Waals surface area contributed by atoms with E-state index in [0.29, 0.717) is 10.8 Å². The highest BCUT2D eigenvalue weighted by molar-refractivity contribution is 7.34. The van der Waals surface area contributed by atoms with Crippen LogP contribution in [0.2, 0.25) is 0 Å². The van der Waals surface area contributed by atoms with E-state index in [2.05, 4.69) is 9.97 Å². The van der Waals surface area contributed by atoms with E-state index in [4.69, 9.17) is 20.5 Å². The molecule has 9 nitrogen and oxygen atoms in total. The largest absolute Gasteiger partial charge is 0.418 e. The first-order chi connectivity index (χ1) is 14.4. The Morgan fingerprint density at radius 2 is 1.17 bits per heavy atom. The molecule has 0 spiro atoms. The molecule has 0 aliphatic heterocycles. The van der Waals surface area contributed by atoms with Gasteiger partial charge < -0.3 is 20.5 Å². The molecule has 150 valence electrons. The van der Waals surface area contributed by atoms with Gasteiger partial charge in [0.05, 0.1) is 0 Å². The van der Waals surface area contributed by atoms with Gasteiger partial charge in [0.25, 0.3) is 11.8 Å². The van der Waals surface area contributed by atoms with Crippen molar-refractivity contribution in [1.82, 2.24) is 9.97 Å². The van der Waals surface area contributed by atoms with Crippen LogP contribution >= 0.6 is 8.25 Å². The summed E-state index contributed by atoms with van der Waals surface area (Å²) in [7, 11) is -3.02. The van der Waals surface area contributed by atoms with Crippen LogP contribution in [0.25, 0.3) is 21.5 Å². The van der Waals surface area contributed by atoms with Gasteiger partial charge in [-0.25, -0.2) is 4.57 Å². The first-order valence-corrected chi connectivity index (χ1v) is 9.91. The van der Waals surface area contributed by atoms with E-state index >= 15 is 0 Å². The molecule has 2 aromatic heterocycles. The molecule has 2 heterocycles. The van der Waals surface area contributed by atoms with Crippen LogP contribution in [0, 0.1) is 0 Å². The van der Waals surface area contributed by atoms with Gasteiger partial charge in [-0.2, -0.15) is 0 Å². The number of benzene rings is 2. The Balaban J connectivity index is 1.59. The fourth-order valence-corrected chi connectivity index (χ4v) is 3.71.